The molecule has 4 atom stereocenters. The molecule has 5 heterocycles. The number of rotatable bonds is 29. The van der Waals surface area contributed by atoms with E-state index in [0.29, 0.717) is 55.6 Å². The summed E-state index contributed by atoms with van der Waals surface area (Å²) in [4.78, 5) is 88.5. The number of H-pyrrole nitrogens is 1. The van der Waals surface area contributed by atoms with Gasteiger partial charge in [0.2, 0.25) is 11.8 Å². The molecule has 6 aromatic rings. The fourth-order valence-corrected chi connectivity index (χ4v) is 11.9. The van der Waals surface area contributed by atoms with Gasteiger partial charge in [0.25, 0.3) is 5.91 Å². The van der Waals surface area contributed by atoms with Crippen molar-refractivity contribution in [2.24, 2.45) is 16.8 Å². The number of methoxy groups -OCH3 is 2. The lowest BCUT2D eigenvalue weighted by Crippen LogP contribution is -2.50. The third-order valence-electron chi connectivity index (χ3n) is 17.2. The number of amides is 4. The summed E-state index contributed by atoms with van der Waals surface area (Å²) < 4.78 is 40.2. The number of nitrogen functional groups attached to an aromatic ring is 1. The molecule has 3 fully saturated rings. The highest BCUT2D eigenvalue weighted by Crippen LogP contribution is 2.38. The summed E-state index contributed by atoms with van der Waals surface area (Å²) in [5, 5.41) is 5.64. The number of unbranched alkanes of at least 4 members (excludes halogenated alkanes) is 2. The molecule has 0 bridgehead atoms. The Morgan fingerprint density at radius 2 is 1.57 bits per heavy atom. The monoisotopic (exact) mass is 1260 g/mol. The van der Waals surface area contributed by atoms with Crippen molar-refractivity contribution in [1.29, 1.82) is 0 Å². The first-order valence-electron chi connectivity index (χ1n) is 31.8. The fourth-order valence-electron chi connectivity index (χ4n) is 11.9. The molecule has 10 rings (SSSR count). The molecule has 5 N–H and O–H groups in total. The Kier molecular flexibility index (Phi) is 22.3. The van der Waals surface area contributed by atoms with Crippen LogP contribution in [-0.4, -0.2) is 178 Å². The van der Waals surface area contributed by atoms with Crippen molar-refractivity contribution < 1.29 is 57.1 Å². The van der Waals surface area contributed by atoms with E-state index in [2.05, 4.69) is 75.4 Å². The molecule has 22 nitrogen and oxygen atoms in total. The second-order valence-electron chi connectivity index (χ2n) is 24.4. The third kappa shape index (κ3) is 16.6. The minimum atomic E-state index is -0.810. The second kappa shape index (κ2) is 31.0. The average Bonchev–Trinajstić information content (AvgIpc) is 2.63. The van der Waals surface area contributed by atoms with Gasteiger partial charge >= 0.3 is 6.09 Å². The van der Waals surface area contributed by atoms with Crippen molar-refractivity contribution in [3.8, 4) is 28.6 Å². The number of anilines is 3. The number of likely N-dealkylation sites (N-methyl/N-ethyl adjacent to an activating group) is 1. The average molecular weight is 1260 g/mol. The third-order valence-corrected chi connectivity index (χ3v) is 17.2. The number of carbonyl (C=O) groups excluding carboxylic acids is 5. The topological polar surface area (TPSA) is 254 Å². The molecule has 4 aliphatic heterocycles. The van der Waals surface area contributed by atoms with Crippen LogP contribution in [0.15, 0.2) is 114 Å². The molecule has 0 spiro atoms. The summed E-state index contributed by atoms with van der Waals surface area (Å²) >= 11 is 0. The zero-order valence-electron chi connectivity index (χ0n) is 53.6. The molecule has 3 saturated heterocycles. The van der Waals surface area contributed by atoms with Crippen LogP contribution in [0, 0.1) is 11.8 Å². The Labute approximate surface area is 537 Å². The van der Waals surface area contributed by atoms with Gasteiger partial charge in [-0.2, -0.15) is 0 Å². The van der Waals surface area contributed by atoms with E-state index in [1.807, 2.05) is 38.1 Å². The molecule has 4 aliphatic rings. The van der Waals surface area contributed by atoms with Crippen LogP contribution in [-0.2, 0) is 46.4 Å². The van der Waals surface area contributed by atoms with E-state index in [4.69, 9.17) is 48.9 Å². The number of ether oxygens (including phenoxy) is 7. The van der Waals surface area contributed by atoms with Gasteiger partial charge in [-0.15, -0.1) is 0 Å². The van der Waals surface area contributed by atoms with Crippen LogP contribution in [0.3, 0.4) is 0 Å². The maximum absolute atomic E-state index is 14.4. The largest absolute Gasteiger partial charge is 0.494 e. The van der Waals surface area contributed by atoms with Gasteiger partial charge in [0.05, 0.1) is 93.4 Å². The minimum absolute atomic E-state index is 0.0675. The minimum Gasteiger partial charge on any atom is -0.494 e. The van der Waals surface area contributed by atoms with E-state index in [0.717, 1.165) is 103 Å². The zero-order valence-corrected chi connectivity index (χ0v) is 53.6. The molecule has 0 saturated carbocycles. The van der Waals surface area contributed by atoms with E-state index in [9.17, 15) is 24.0 Å². The SMILES string of the molecule is C=C1C[C@@H](C2OCCN2C(=O)OCc2ccc(NC(=O)[C@H](C)CC(=O)[C@@H](NC(=O)CCOCCOC)C(C)C)cc2)N(C(=O)c2cc(OC)c(OCCCCCOc3ccc(-c4nc5ccc(C6=Nc7cc(N8CCN(C)CC8)ccc7C6)cc5[nH]4)cc3)cc2N)C1. The predicted molar refractivity (Wildman–Crippen MR) is 353 cm³/mol. The Balaban J connectivity index is 0.643. The molecule has 1 unspecified atom stereocenters. The van der Waals surface area contributed by atoms with Crippen LogP contribution in [0.25, 0.3) is 22.4 Å². The molecular formula is C70H86N10O12. The molecule has 4 amide bonds. The lowest BCUT2D eigenvalue weighted by atomic mass is 9.92. The number of Topliss-reactive ketones (excluding diaryl/α,β-unsaturated/α-hetero) is 1. The number of aromatic amines is 1. The van der Waals surface area contributed by atoms with E-state index in [1.165, 1.54) is 23.3 Å². The van der Waals surface area contributed by atoms with Gasteiger partial charge in [-0.25, -0.2) is 9.78 Å². The first-order chi connectivity index (χ1) is 44.5. The van der Waals surface area contributed by atoms with Gasteiger partial charge in [-0.1, -0.05) is 57.2 Å². The van der Waals surface area contributed by atoms with E-state index in [1.54, 1.807) is 55.3 Å². The number of hydrogen-bond acceptors (Lipinski definition) is 17. The number of piperazine rings is 1. The summed E-state index contributed by atoms with van der Waals surface area (Å²) in [7, 11) is 5.25. The number of aromatic nitrogens is 2. The Bertz CT molecular complexity index is 3620. The highest BCUT2D eigenvalue weighted by molar-refractivity contribution is 6.08. The highest BCUT2D eigenvalue weighted by atomic mass is 16.6. The summed E-state index contributed by atoms with van der Waals surface area (Å²) in [6.45, 7) is 16.3. The number of carbonyl (C=O) groups is 5. The highest BCUT2D eigenvalue weighted by Gasteiger charge is 2.45. The first-order valence-corrected chi connectivity index (χ1v) is 31.8. The molecule has 22 heteroatoms. The lowest BCUT2D eigenvalue weighted by Gasteiger charge is -2.34. The molecule has 1 aromatic heterocycles. The van der Waals surface area contributed by atoms with Crippen molar-refractivity contribution in [2.45, 2.75) is 90.6 Å². The van der Waals surface area contributed by atoms with Crippen molar-refractivity contribution in [3.63, 3.8) is 0 Å². The fraction of sp³-hybridized carbons (Fsp3) is 0.443. The molecule has 0 radical (unpaired) electrons. The smallest absolute Gasteiger partial charge is 0.412 e. The Morgan fingerprint density at radius 3 is 2.32 bits per heavy atom. The summed E-state index contributed by atoms with van der Waals surface area (Å²) in [6.07, 6.45) is 2.20. The molecule has 92 heavy (non-hydrogen) atoms. The van der Waals surface area contributed by atoms with Gasteiger partial charge in [-0.3, -0.25) is 29.1 Å². The number of nitrogens with two attached hydrogens (primary N) is 1. The number of aliphatic imine (C=N–C) groups is 1. The molecule has 5 aromatic carbocycles. The Morgan fingerprint density at radius 1 is 0.804 bits per heavy atom. The number of hydrogen-bond donors (Lipinski definition) is 4. The van der Waals surface area contributed by atoms with Gasteiger partial charge < -0.3 is 69.2 Å². The summed E-state index contributed by atoms with van der Waals surface area (Å²) in [5.74, 6) is 0.185. The van der Waals surface area contributed by atoms with Gasteiger partial charge in [0.15, 0.2) is 23.5 Å². The number of fused-ring (bicyclic) bond motifs is 2. The van der Waals surface area contributed by atoms with Crippen molar-refractivity contribution in [2.75, 3.05) is 116 Å². The normalized spacial score (nSPS) is 17.2. The zero-order chi connectivity index (χ0) is 64.8. The molecular weight excluding hydrogens is 1170 g/mol. The number of nitrogens with one attached hydrogen (secondary N) is 3. The predicted octanol–water partition coefficient (Wildman–Crippen LogP) is 9.37. The van der Waals surface area contributed by atoms with Crippen molar-refractivity contribution in [3.05, 3.63) is 131 Å². The summed E-state index contributed by atoms with van der Waals surface area (Å²) in [5.41, 5.74) is 17.5. The van der Waals surface area contributed by atoms with Gasteiger partial charge in [0.1, 0.15) is 18.2 Å². The van der Waals surface area contributed by atoms with Crippen LogP contribution in [0.1, 0.15) is 86.3 Å². The van der Waals surface area contributed by atoms with Gasteiger partial charge in [-0.05, 0) is 122 Å². The van der Waals surface area contributed by atoms with Crippen LogP contribution >= 0.6 is 0 Å². The van der Waals surface area contributed by atoms with Crippen LogP contribution in [0.2, 0.25) is 0 Å². The number of imidazole rings is 1. The molecule has 0 aliphatic carbocycles. The van der Waals surface area contributed by atoms with E-state index in [-0.39, 0.29) is 86.4 Å². The quantitative estimate of drug-likeness (QED) is 0.0194. The van der Waals surface area contributed by atoms with E-state index < -0.39 is 30.3 Å². The number of nitrogens with zero attached hydrogens (tertiary/aromatic N) is 6. The maximum atomic E-state index is 14.4. The van der Waals surface area contributed by atoms with Gasteiger partial charge in [0, 0.05) is 93.7 Å². The van der Waals surface area contributed by atoms with E-state index >= 15 is 0 Å². The number of ketones is 1. The lowest BCUT2D eigenvalue weighted by molar-refractivity contribution is -0.131. The summed E-state index contributed by atoms with van der Waals surface area (Å²) in [6, 6.07) is 29.7. The van der Waals surface area contributed by atoms with Crippen LogP contribution in [0.5, 0.6) is 17.2 Å². The first kappa shape index (κ1) is 66.1. The van der Waals surface area contributed by atoms with Crippen molar-refractivity contribution >= 4 is 69.1 Å². The van der Waals surface area contributed by atoms with Crippen LogP contribution in [0.4, 0.5) is 27.5 Å². The maximum Gasteiger partial charge on any atom is 0.412 e. The Hall–Kier alpha value is -8.83. The van der Waals surface area contributed by atoms with Crippen LogP contribution < -0.4 is 35.5 Å². The standard InChI is InChI=1S/C70H86N10O12/c1-44(2)65(76-64(82)23-31-88-34-33-86-6)61(81)36-46(4)67(83)72-51-17-11-47(12-18-51)43-92-70(85)79-28-32-91-69(79)60-35-45(3)42-80(60)68(84)54-40-62(87-7)63(41-55(54)71)90-30-10-8-9-29-89-53-20-14-48(15-21-53)66-74-56-22-16-50(38-59(56)75-66)57-37-49-13-19-52(39-58(49)73-57)78-26-24-77(5)25-27-78/h11-22,38-41,44,46,60,65,69H,3,8-10,23-37,42-43,71H2,1-2,4-7H3,(H,72,83)(H,74,75)(H,76,82)/t46-,60+,65+,69?/m1/s1. The van der Waals surface area contributed by atoms with Crippen molar-refractivity contribution in [1.82, 2.24) is 30.0 Å². The number of likely N-dealkylation sites (tertiary alicyclic amines) is 1. The number of benzene rings is 5. The molecule has 488 valence electrons. The second-order valence-corrected chi connectivity index (χ2v) is 24.4.